The van der Waals surface area contributed by atoms with Crippen LogP contribution in [0.4, 0.5) is 0 Å². The zero-order chi connectivity index (χ0) is 20.1. The van der Waals surface area contributed by atoms with Crippen LogP contribution in [0, 0.1) is 0 Å². The first-order valence-electron chi connectivity index (χ1n) is 10.5. The Morgan fingerprint density at radius 2 is 1.86 bits per heavy atom. The van der Waals surface area contributed by atoms with Gasteiger partial charge in [0.1, 0.15) is 11.8 Å². The third-order valence-corrected chi connectivity index (χ3v) is 5.88. The largest absolute Gasteiger partial charge is 0.353 e. The maximum Gasteiger partial charge on any atom is 0.256 e. The van der Waals surface area contributed by atoms with Crippen molar-refractivity contribution < 1.29 is 14.3 Å². The molecule has 1 N–H and O–H groups in total. The van der Waals surface area contributed by atoms with E-state index in [2.05, 4.69) is 12.2 Å². The Morgan fingerprint density at radius 1 is 1.18 bits per heavy atom. The molecule has 1 saturated heterocycles. The van der Waals surface area contributed by atoms with Crippen molar-refractivity contribution in [1.29, 1.82) is 0 Å². The molecule has 154 valence electrons. The number of benzene rings is 1. The molecule has 3 rings (SSSR count). The van der Waals surface area contributed by atoms with Crippen LogP contribution in [0.3, 0.4) is 0 Å². The minimum Gasteiger partial charge on any atom is -0.353 e. The van der Waals surface area contributed by atoms with Crippen LogP contribution in [0.1, 0.15) is 54.9 Å². The zero-order valence-electron chi connectivity index (χ0n) is 17.4. The molecule has 2 amide bonds. The molecule has 1 atom stereocenters. The van der Waals surface area contributed by atoms with Crippen LogP contribution in [0.5, 0.6) is 0 Å². The van der Waals surface area contributed by atoms with E-state index in [0.29, 0.717) is 12.1 Å². The first-order chi connectivity index (χ1) is 13.5. The molecule has 1 aromatic rings. The lowest BCUT2D eigenvalue weighted by molar-refractivity contribution is -0.127. The van der Waals surface area contributed by atoms with Crippen molar-refractivity contribution in [2.75, 3.05) is 33.8 Å². The molecule has 0 aromatic heterocycles. The highest BCUT2D eigenvalue weighted by Crippen LogP contribution is 2.41. The van der Waals surface area contributed by atoms with E-state index >= 15 is 0 Å². The van der Waals surface area contributed by atoms with Crippen LogP contribution in [-0.2, 0) is 16.0 Å². The topological polar surface area (TPSA) is 61.9 Å². The average Bonchev–Trinajstić information content (AvgIpc) is 3.06. The van der Waals surface area contributed by atoms with E-state index in [4.69, 9.17) is 4.74 Å². The van der Waals surface area contributed by atoms with Crippen molar-refractivity contribution in [3.05, 3.63) is 35.4 Å². The van der Waals surface area contributed by atoms with E-state index in [9.17, 15) is 9.59 Å². The van der Waals surface area contributed by atoms with Crippen molar-refractivity contribution in [2.45, 2.75) is 57.2 Å². The number of nitrogens with one attached hydrogen (secondary N) is 1. The summed E-state index contributed by atoms with van der Waals surface area (Å²) in [5.74, 6) is -0.224. The molecule has 1 saturated carbocycles. The van der Waals surface area contributed by atoms with Gasteiger partial charge in [0.25, 0.3) is 5.91 Å². The highest BCUT2D eigenvalue weighted by Gasteiger charge is 2.52. The Morgan fingerprint density at radius 3 is 2.46 bits per heavy atom. The van der Waals surface area contributed by atoms with Gasteiger partial charge in [0.05, 0.1) is 6.61 Å². The second-order valence-electron chi connectivity index (χ2n) is 8.15. The van der Waals surface area contributed by atoms with Crippen LogP contribution in [0.25, 0.3) is 0 Å². The molecule has 0 radical (unpaired) electrons. The maximum atomic E-state index is 13.5. The van der Waals surface area contributed by atoms with E-state index < -0.39 is 11.8 Å². The van der Waals surface area contributed by atoms with Crippen LogP contribution < -0.4 is 5.32 Å². The summed E-state index contributed by atoms with van der Waals surface area (Å²) in [7, 11) is 3.94. The highest BCUT2D eigenvalue weighted by molar-refractivity contribution is 5.98. The number of aryl methyl sites for hydroxylation is 1. The third-order valence-electron chi connectivity index (χ3n) is 5.88. The average molecular weight is 388 g/mol. The number of ether oxygens (including phenoxy) is 1. The van der Waals surface area contributed by atoms with Crippen LogP contribution in [0.2, 0.25) is 0 Å². The Balaban J connectivity index is 1.82. The molecule has 1 aliphatic heterocycles. The second kappa shape index (κ2) is 9.05. The summed E-state index contributed by atoms with van der Waals surface area (Å²) in [5, 5.41) is 2.98. The number of likely N-dealkylation sites (N-methyl/N-ethyl adjacent to an activating group) is 1. The molecule has 1 aliphatic carbocycles. The molecule has 0 bridgehead atoms. The van der Waals surface area contributed by atoms with E-state index in [1.807, 2.05) is 43.3 Å². The minimum absolute atomic E-state index is 0.102. The molecule has 1 spiro atoms. The molecule has 28 heavy (non-hydrogen) atoms. The Hall–Kier alpha value is -1.92. The van der Waals surface area contributed by atoms with Crippen molar-refractivity contribution in [1.82, 2.24) is 15.1 Å². The molecule has 2 aliphatic rings. The number of amides is 2. The van der Waals surface area contributed by atoms with E-state index in [1.165, 1.54) is 5.56 Å². The van der Waals surface area contributed by atoms with Gasteiger partial charge >= 0.3 is 0 Å². The number of hydrogen-bond acceptors (Lipinski definition) is 4. The summed E-state index contributed by atoms with van der Waals surface area (Å²) >= 11 is 0. The fraction of sp³-hybridized carbons (Fsp3) is 0.636. The zero-order valence-corrected chi connectivity index (χ0v) is 17.4. The van der Waals surface area contributed by atoms with Crippen molar-refractivity contribution in [3.8, 4) is 0 Å². The molecule has 2 fully saturated rings. The lowest BCUT2D eigenvalue weighted by Gasteiger charge is -2.41. The van der Waals surface area contributed by atoms with Crippen LogP contribution in [-0.4, -0.2) is 67.2 Å². The lowest BCUT2D eigenvalue weighted by atomic mass is 9.89. The third kappa shape index (κ3) is 4.39. The molecule has 1 aromatic carbocycles. The lowest BCUT2D eigenvalue weighted by Crippen LogP contribution is -2.56. The molecule has 1 unspecified atom stereocenters. The predicted molar refractivity (Wildman–Crippen MR) is 109 cm³/mol. The highest BCUT2D eigenvalue weighted by atomic mass is 16.5. The first-order valence-corrected chi connectivity index (χ1v) is 10.5. The van der Waals surface area contributed by atoms with Crippen LogP contribution >= 0.6 is 0 Å². The predicted octanol–water partition coefficient (Wildman–Crippen LogP) is 2.43. The summed E-state index contributed by atoms with van der Waals surface area (Å²) in [6, 6.07) is 7.15. The van der Waals surface area contributed by atoms with Crippen LogP contribution in [0.15, 0.2) is 24.3 Å². The monoisotopic (exact) mass is 387 g/mol. The van der Waals surface area contributed by atoms with Gasteiger partial charge in [-0.1, -0.05) is 25.5 Å². The fourth-order valence-corrected chi connectivity index (χ4v) is 4.21. The quantitative estimate of drug-likeness (QED) is 0.814. The fourth-order valence-electron chi connectivity index (χ4n) is 4.21. The standard InChI is InChI=1S/C22H33N3O3/c1-4-17-8-10-18(11-9-17)21(27)25-19(20(26)23-14-15-24(2)3)16-28-22(25)12-6-5-7-13-22/h8-11,19H,4-7,12-16H2,1-3H3,(H,23,26). The van der Waals surface area contributed by atoms with Crippen molar-refractivity contribution in [2.24, 2.45) is 0 Å². The number of rotatable bonds is 6. The number of hydrogen-bond donors (Lipinski definition) is 1. The summed E-state index contributed by atoms with van der Waals surface area (Å²) in [6.07, 6.45) is 5.72. The number of carbonyl (C=O) groups excluding carboxylic acids is 2. The minimum atomic E-state index is -0.637. The summed E-state index contributed by atoms with van der Waals surface area (Å²) < 4.78 is 6.18. The van der Waals surface area contributed by atoms with Gasteiger partial charge in [-0.2, -0.15) is 0 Å². The van der Waals surface area contributed by atoms with Gasteiger partial charge in [-0.05, 0) is 63.9 Å². The van der Waals surface area contributed by atoms with Gasteiger partial charge in [0.2, 0.25) is 5.91 Å². The Bertz CT molecular complexity index is 681. The molecule has 6 heteroatoms. The van der Waals surface area contributed by atoms with E-state index in [1.54, 1.807) is 4.90 Å². The van der Waals surface area contributed by atoms with Gasteiger partial charge in [0, 0.05) is 18.7 Å². The smallest absolute Gasteiger partial charge is 0.256 e. The summed E-state index contributed by atoms with van der Waals surface area (Å²) in [6.45, 7) is 3.68. The van der Waals surface area contributed by atoms with E-state index in [-0.39, 0.29) is 18.4 Å². The molecule has 6 nitrogen and oxygen atoms in total. The number of nitrogens with zero attached hydrogens (tertiary/aromatic N) is 2. The van der Waals surface area contributed by atoms with Gasteiger partial charge in [0.15, 0.2) is 0 Å². The Kier molecular flexibility index (Phi) is 6.73. The van der Waals surface area contributed by atoms with Crippen molar-refractivity contribution in [3.63, 3.8) is 0 Å². The molecular weight excluding hydrogens is 354 g/mol. The SMILES string of the molecule is CCc1ccc(C(=O)N2C(C(=O)NCCN(C)C)COC23CCCCC3)cc1. The van der Waals surface area contributed by atoms with Gasteiger partial charge in [-0.3, -0.25) is 14.5 Å². The van der Waals surface area contributed by atoms with Gasteiger partial charge in [-0.15, -0.1) is 0 Å². The molecular formula is C22H33N3O3. The molecule has 1 heterocycles. The summed E-state index contributed by atoms with van der Waals surface area (Å²) in [4.78, 5) is 30.1. The van der Waals surface area contributed by atoms with E-state index in [0.717, 1.165) is 45.1 Å². The first kappa shape index (κ1) is 20.8. The van der Waals surface area contributed by atoms with Crippen molar-refractivity contribution >= 4 is 11.8 Å². The Labute approximate surface area is 168 Å². The second-order valence-corrected chi connectivity index (χ2v) is 8.15. The maximum absolute atomic E-state index is 13.5. The number of carbonyl (C=O) groups is 2. The van der Waals surface area contributed by atoms with Gasteiger partial charge in [-0.25, -0.2) is 0 Å². The van der Waals surface area contributed by atoms with Gasteiger partial charge < -0.3 is 15.0 Å². The normalized spacial score (nSPS) is 21.3. The summed E-state index contributed by atoms with van der Waals surface area (Å²) in [5.41, 5.74) is 1.18.